The fraction of sp³-hybridized carbons (Fsp3) is 0.769. The lowest BCUT2D eigenvalue weighted by Gasteiger charge is -2.25. The molecule has 1 N–H and O–H groups in total. The molecule has 2 aliphatic rings. The van der Waals surface area contributed by atoms with Gasteiger partial charge in [-0.2, -0.15) is 5.10 Å². The summed E-state index contributed by atoms with van der Waals surface area (Å²) in [5.74, 6) is 2.18. The number of hydrogen-bond acceptors (Lipinski definition) is 2. The van der Waals surface area contributed by atoms with Crippen LogP contribution in [0.3, 0.4) is 0 Å². The maximum Gasteiger partial charge on any atom is 0.124 e. The van der Waals surface area contributed by atoms with E-state index in [0.717, 1.165) is 18.9 Å². The zero-order chi connectivity index (χ0) is 11.0. The van der Waals surface area contributed by atoms with Crippen LogP contribution >= 0.6 is 0 Å². The first-order valence-electron chi connectivity index (χ1n) is 6.71. The molecule has 1 unspecified atom stereocenters. The van der Waals surface area contributed by atoms with Crippen LogP contribution in [0, 0.1) is 5.92 Å². The summed E-state index contributed by atoms with van der Waals surface area (Å²) in [6, 6.07) is 2.94. The fourth-order valence-electron chi connectivity index (χ4n) is 2.70. The summed E-state index contributed by atoms with van der Waals surface area (Å²) in [7, 11) is 0. The second-order valence-electron chi connectivity index (χ2n) is 5.19. The molecule has 1 fully saturated rings. The fourth-order valence-corrected chi connectivity index (χ4v) is 2.70. The van der Waals surface area contributed by atoms with Gasteiger partial charge in [0.2, 0.25) is 0 Å². The Labute approximate surface area is 97.2 Å². The highest BCUT2D eigenvalue weighted by atomic mass is 15.4. The van der Waals surface area contributed by atoms with Gasteiger partial charge in [-0.05, 0) is 38.0 Å². The largest absolute Gasteiger partial charge is 0.370 e. The van der Waals surface area contributed by atoms with Gasteiger partial charge in [-0.15, -0.1) is 0 Å². The first-order valence-corrected chi connectivity index (χ1v) is 6.71. The molecule has 1 saturated carbocycles. The van der Waals surface area contributed by atoms with Crippen molar-refractivity contribution in [2.24, 2.45) is 5.92 Å². The van der Waals surface area contributed by atoms with Crippen LogP contribution in [0.2, 0.25) is 0 Å². The van der Waals surface area contributed by atoms with Crippen LogP contribution in [0.5, 0.6) is 0 Å². The predicted octanol–water partition coefficient (Wildman–Crippen LogP) is 2.99. The number of fused-ring (bicyclic) bond motifs is 1. The molecule has 0 bridgehead atoms. The lowest BCUT2D eigenvalue weighted by atomic mass is 10.1. The number of aromatic nitrogens is 2. The SMILES string of the molecule is CCCCc1cc2n(n1)C(C1CC1)CCN2. The number of unbranched alkanes of at least 4 members (excludes halogenated alkanes) is 1. The average Bonchev–Trinajstić information content (AvgIpc) is 3.05. The summed E-state index contributed by atoms with van der Waals surface area (Å²) >= 11 is 0. The monoisotopic (exact) mass is 219 g/mol. The molecular formula is C13H21N3. The van der Waals surface area contributed by atoms with E-state index in [2.05, 4.69) is 23.0 Å². The van der Waals surface area contributed by atoms with Gasteiger partial charge >= 0.3 is 0 Å². The van der Waals surface area contributed by atoms with E-state index >= 15 is 0 Å². The van der Waals surface area contributed by atoms with Gasteiger partial charge in [-0.1, -0.05) is 13.3 Å². The third kappa shape index (κ3) is 1.83. The molecule has 1 aliphatic heterocycles. The van der Waals surface area contributed by atoms with Crippen molar-refractivity contribution in [1.82, 2.24) is 9.78 Å². The lowest BCUT2D eigenvalue weighted by molar-refractivity contribution is 0.373. The minimum absolute atomic E-state index is 0.687. The highest BCUT2D eigenvalue weighted by molar-refractivity contribution is 5.39. The lowest BCUT2D eigenvalue weighted by Crippen LogP contribution is -2.24. The van der Waals surface area contributed by atoms with Crippen molar-refractivity contribution in [2.75, 3.05) is 11.9 Å². The first kappa shape index (κ1) is 10.2. The molecule has 3 rings (SSSR count). The maximum absolute atomic E-state index is 4.79. The molecule has 0 radical (unpaired) electrons. The van der Waals surface area contributed by atoms with Gasteiger partial charge in [0.1, 0.15) is 5.82 Å². The summed E-state index contributed by atoms with van der Waals surface area (Å²) in [5.41, 5.74) is 1.27. The Bertz CT molecular complexity index is 365. The zero-order valence-corrected chi connectivity index (χ0v) is 10.1. The van der Waals surface area contributed by atoms with Crippen molar-refractivity contribution in [3.05, 3.63) is 11.8 Å². The first-order chi connectivity index (χ1) is 7.88. The standard InChI is InChI=1S/C13H21N3/c1-2-3-4-11-9-13-14-8-7-12(10-5-6-10)16(13)15-11/h9-10,12,14H,2-8H2,1H3. The van der Waals surface area contributed by atoms with Crippen molar-refractivity contribution >= 4 is 5.82 Å². The van der Waals surface area contributed by atoms with Crippen molar-refractivity contribution in [3.8, 4) is 0 Å². The molecule has 3 heteroatoms. The molecule has 1 aromatic heterocycles. The topological polar surface area (TPSA) is 29.9 Å². The van der Waals surface area contributed by atoms with Crippen LogP contribution in [-0.4, -0.2) is 16.3 Å². The maximum atomic E-state index is 4.79. The van der Waals surface area contributed by atoms with E-state index in [1.165, 1.54) is 43.6 Å². The Morgan fingerprint density at radius 3 is 3.06 bits per heavy atom. The second-order valence-corrected chi connectivity index (χ2v) is 5.19. The van der Waals surface area contributed by atoms with Gasteiger partial charge in [0.25, 0.3) is 0 Å². The van der Waals surface area contributed by atoms with Crippen LogP contribution in [0.25, 0.3) is 0 Å². The van der Waals surface area contributed by atoms with Gasteiger partial charge < -0.3 is 5.32 Å². The van der Waals surface area contributed by atoms with E-state index in [4.69, 9.17) is 5.10 Å². The number of nitrogens with zero attached hydrogens (tertiary/aromatic N) is 2. The van der Waals surface area contributed by atoms with E-state index in [1.54, 1.807) is 0 Å². The predicted molar refractivity (Wildman–Crippen MR) is 65.7 cm³/mol. The number of aryl methyl sites for hydroxylation is 1. The Morgan fingerprint density at radius 1 is 1.44 bits per heavy atom. The molecule has 0 spiro atoms. The van der Waals surface area contributed by atoms with E-state index in [1.807, 2.05) is 0 Å². The van der Waals surface area contributed by atoms with Crippen molar-refractivity contribution in [3.63, 3.8) is 0 Å². The molecular weight excluding hydrogens is 198 g/mol. The molecule has 0 amide bonds. The summed E-state index contributed by atoms with van der Waals surface area (Å²) in [6.45, 7) is 3.36. The van der Waals surface area contributed by atoms with Crippen LogP contribution in [0.15, 0.2) is 6.07 Å². The van der Waals surface area contributed by atoms with Gasteiger partial charge in [0.15, 0.2) is 0 Å². The highest BCUT2D eigenvalue weighted by Crippen LogP contribution is 2.43. The molecule has 1 aromatic rings. The molecule has 0 saturated heterocycles. The van der Waals surface area contributed by atoms with Crippen LogP contribution in [-0.2, 0) is 6.42 Å². The highest BCUT2D eigenvalue weighted by Gasteiger charge is 2.35. The third-order valence-corrected chi connectivity index (χ3v) is 3.80. The molecule has 3 nitrogen and oxygen atoms in total. The van der Waals surface area contributed by atoms with Crippen molar-refractivity contribution in [1.29, 1.82) is 0 Å². The van der Waals surface area contributed by atoms with Crippen LogP contribution in [0.1, 0.15) is 50.8 Å². The summed E-state index contributed by atoms with van der Waals surface area (Å²) in [4.78, 5) is 0. The molecule has 0 aromatic carbocycles. The van der Waals surface area contributed by atoms with E-state index < -0.39 is 0 Å². The Hall–Kier alpha value is -0.990. The van der Waals surface area contributed by atoms with Crippen LogP contribution < -0.4 is 5.32 Å². The molecule has 1 aliphatic carbocycles. The summed E-state index contributed by atoms with van der Waals surface area (Å²) in [6.07, 6.45) is 7.72. The van der Waals surface area contributed by atoms with Gasteiger partial charge in [0, 0.05) is 12.6 Å². The quantitative estimate of drug-likeness (QED) is 0.843. The average molecular weight is 219 g/mol. The molecule has 16 heavy (non-hydrogen) atoms. The van der Waals surface area contributed by atoms with Gasteiger partial charge in [-0.3, -0.25) is 0 Å². The number of anilines is 1. The Kier molecular flexibility index (Phi) is 2.62. The minimum Gasteiger partial charge on any atom is -0.370 e. The Balaban J connectivity index is 1.80. The van der Waals surface area contributed by atoms with E-state index in [0.29, 0.717) is 6.04 Å². The number of rotatable bonds is 4. The normalized spacial score (nSPS) is 23.9. The van der Waals surface area contributed by atoms with Crippen LogP contribution in [0.4, 0.5) is 5.82 Å². The van der Waals surface area contributed by atoms with Crippen molar-refractivity contribution < 1.29 is 0 Å². The molecule has 1 atom stereocenters. The minimum atomic E-state index is 0.687. The van der Waals surface area contributed by atoms with Gasteiger partial charge in [-0.25, -0.2) is 4.68 Å². The molecule has 88 valence electrons. The number of nitrogens with one attached hydrogen (secondary N) is 1. The smallest absolute Gasteiger partial charge is 0.124 e. The second kappa shape index (κ2) is 4.11. The van der Waals surface area contributed by atoms with E-state index in [9.17, 15) is 0 Å². The summed E-state index contributed by atoms with van der Waals surface area (Å²) < 4.78 is 2.27. The zero-order valence-electron chi connectivity index (χ0n) is 10.1. The van der Waals surface area contributed by atoms with E-state index in [-0.39, 0.29) is 0 Å². The number of hydrogen-bond donors (Lipinski definition) is 1. The van der Waals surface area contributed by atoms with Gasteiger partial charge in [0.05, 0.1) is 11.7 Å². The molecule has 2 heterocycles. The van der Waals surface area contributed by atoms with Crippen molar-refractivity contribution in [2.45, 2.75) is 51.5 Å². The Morgan fingerprint density at radius 2 is 2.31 bits per heavy atom. The summed E-state index contributed by atoms with van der Waals surface area (Å²) in [5, 5.41) is 8.26. The third-order valence-electron chi connectivity index (χ3n) is 3.80.